The lowest BCUT2D eigenvalue weighted by molar-refractivity contribution is -0.121. The SMILES string of the molecule is CCOC(=O)c1c(NC(=O)[C@H](C)N2CCCCC2)sc2c1CC[C@@H](C)C2. The molecule has 2 aliphatic rings. The number of hydrogen-bond acceptors (Lipinski definition) is 5. The number of carbonyl (C=O) groups excluding carboxylic acids is 2. The van der Waals surface area contributed by atoms with Crippen molar-refractivity contribution in [2.24, 2.45) is 5.92 Å². The predicted molar refractivity (Wildman–Crippen MR) is 105 cm³/mol. The van der Waals surface area contributed by atoms with Crippen LogP contribution in [0.2, 0.25) is 0 Å². The largest absolute Gasteiger partial charge is 0.462 e. The molecule has 6 heteroatoms. The number of rotatable bonds is 5. The van der Waals surface area contributed by atoms with Crippen LogP contribution in [-0.2, 0) is 22.4 Å². The number of esters is 1. The van der Waals surface area contributed by atoms with E-state index in [1.165, 1.54) is 11.3 Å². The second-order valence-corrected chi connectivity index (χ2v) is 8.64. The van der Waals surface area contributed by atoms with Gasteiger partial charge in [0.15, 0.2) is 0 Å². The normalized spacial score (nSPS) is 21.7. The van der Waals surface area contributed by atoms with Gasteiger partial charge in [0, 0.05) is 4.88 Å². The van der Waals surface area contributed by atoms with Crippen LogP contribution < -0.4 is 5.32 Å². The number of anilines is 1. The molecule has 5 nitrogen and oxygen atoms in total. The molecule has 0 unspecified atom stereocenters. The van der Waals surface area contributed by atoms with Gasteiger partial charge < -0.3 is 10.1 Å². The fourth-order valence-corrected chi connectivity index (χ4v) is 5.35. The third-order valence-corrected chi connectivity index (χ3v) is 6.72. The van der Waals surface area contributed by atoms with Gasteiger partial charge >= 0.3 is 5.97 Å². The quantitative estimate of drug-likeness (QED) is 0.791. The molecule has 26 heavy (non-hydrogen) atoms. The highest BCUT2D eigenvalue weighted by Crippen LogP contribution is 2.40. The van der Waals surface area contributed by atoms with Crippen molar-refractivity contribution in [3.8, 4) is 0 Å². The molecule has 1 N–H and O–H groups in total. The van der Waals surface area contributed by atoms with Gasteiger partial charge in [0.1, 0.15) is 5.00 Å². The summed E-state index contributed by atoms with van der Waals surface area (Å²) < 4.78 is 5.28. The summed E-state index contributed by atoms with van der Waals surface area (Å²) in [4.78, 5) is 28.8. The maximum Gasteiger partial charge on any atom is 0.341 e. The molecule has 0 saturated carbocycles. The molecular weight excluding hydrogens is 348 g/mol. The summed E-state index contributed by atoms with van der Waals surface area (Å²) >= 11 is 1.56. The third kappa shape index (κ3) is 4.12. The molecule has 0 radical (unpaired) electrons. The van der Waals surface area contributed by atoms with E-state index in [2.05, 4.69) is 17.1 Å². The number of amides is 1. The average Bonchev–Trinajstić information content (AvgIpc) is 2.98. The number of likely N-dealkylation sites (tertiary alicyclic amines) is 1. The van der Waals surface area contributed by atoms with Crippen molar-refractivity contribution in [2.75, 3.05) is 25.0 Å². The Bertz CT molecular complexity index is 664. The molecule has 0 aromatic carbocycles. The van der Waals surface area contributed by atoms with Gasteiger partial charge in [-0.3, -0.25) is 9.69 Å². The van der Waals surface area contributed by atoms with Crippen LogP contribution in [0.4, 0.5) is 5.00 Å². The van der Waals surface area contributed by atoms with Crippen molar-refractivity contribution in [2.45, 2.75) is 65.3 Å². The Kier molecular flexibility index (Phi) is 6.35. The Balaban J connectivity index is 1.81. The maximum atomic E-state index is 12.8. The lowest BCUT2D eigenvalue weighted by Crippen LogP contribution is -2.44. The molecule has 1 aliphatic heterocycles. The lowest BCUT2D eigenvalue weighted by Gasteiger charge is -2.31. The number of nitrogens with zero attached hydrogens (tertiary/aromatic N) is 1. The first kappa shape index (κ1) is 19.4. The molecule has 1 amide bonds. The topological polar surface area (TPSA) is 58.6 Å². The van der Waals surface area contributed by atoms with E-state index in [-0.39, 0.29) is 17.9 Å². The fourth-order valence-electron chi connectivity index (χ4n) is 3.95. The van der Waals surface area contributed by atoms with Gasteiger partial charge in [0.05, 0.1) is 18.2 Å². The number of fused-ring (bicyclic) bond motifs is 1. The van der Waals surface area contributed by atoms with E-state index in [9.17, 15) is 9.59 Å². The number of carbonyl (C=O) groups is 2. The van der Waals surface area contributed by atoms with Gasteiger partial charge in [-0.05, 0) is 70.5 Å². The average molecular weight is 379 g/mol. The second-order valence-electron chi connectivity index (χ2n) is 7.54. The molecule has 1 saturated heterocycles. The zero-order valence-electron chi connectivity index (χ0n) is 16.1. The summed E-state index contributed by atoms with van der Waals surface area (Å²) in [5, 5.41) is 3.73. The molecule has 3 rings (SSSR count). The van der Waals surface area contributed by atoms with E-state index >= 15 is 0 Å². The van der Waals surface area contributed by atoms with Crippen molar-refractivity contribution in [3.63, 3.8) is 0 Å². The van der Waals surface area contributed by atoms with Crippen molar-refractivity contribution >= 4 is 28.2 Å². The summed E-state index contributed by atoms with van der Waals surface area (Å²) in [5.41, 5.74) is 1.69. The van der Waals surface area contributed by atoms with Crippen LogP contribution in [0, 0.1) is 5.92 Å². The molecule has 0 bridgehead atoms. The zero-order chi connectivity index (χ0) is 18.7. The number of ether oxygens (including phenoxy) is 1. The Hall–Kier alpha value is -1.40. The summed E-state index contributed by atoms with van der Waals surface area (Å²) in [7, 11) is 0. The van der Waals surface area contributed by atoms with Gasteiger partial charge in [-0.25, -0.2) is 4.79 Å². The van der Waals surface area contributed by atoms with E-state index in [1.54, 1.807) is 11.3 Å². The first-order valence-corrected chi connectivity index (χ1v) is 10.7. The molecule has 1 aromatic rings. The highest BCUT2D eigenvalue weighted by molar-refractivity contribution is 7.17. The predicted octanol–water partition coefficient (Wildman–Crippen LogP) is 3.86. The monoisotopic (exact) mass is 378 g/mol. The minimum Gasteiger partial charge on any atom is -0.462 e. The van der Waals surface area contributed by atoms with Crippen LogP contribution in [-0.4, -0.2) is 42.5 Å². The standard InChI is InChI=1S/C20H30N2O3S/c1-4-25-20(24)17-15-9-8-13(2)12-16(15)26-19(17)21-18(23)14(3)22-10-6-5-7-11-22/h13-14H,4-12H2,1-3H3,(H,21,23)/t13-,14+/m1/s1. The Labute approximate surface area is 160 Å². The lowest BCUT2D eigenvalue weighted by atomic mass is 9.88. The number of hydrogen-bond donors (Lipinski definition) is 1. The van der Waals surface area contributed by atoms with Gasteiger partial charge in [-0.1, -0.05) is 13.3 Å². The van der Waals surface area contributed by atoms with Crippen molar-refractivity contribution in [1.82, 2.24) is 4.90 Å². The minimum absolute atomic E-state index is 0.0240. The number of piperidine rings is 1. The maximum absolute atomic E-state index is 12.8. The van der Waals surface area contributed by atoms with Gasteiger partial charge in [-0.15, -0.1) is 11.3 Å². The van der Waals surface area contributed by atoms with Crippen LogP contribution in [0.15, 0.2) is 0 Å². The van der Waals surface area contributed by atoms with Crippen molar-refractivity contribution in [3.05, 3.63) is 16.0 Å². The van der Waals surface area contributed by atoms with Crippen LogP contribution in [0.25, 0.3) is 0 Å². The van der Waals surface area contributed by atoms with E-state index in [0.717, 1.165) is 50.8 Å². The van der Waals surface area contributed by atoms with E-state index in [4.69, 9.17) is 4.74 Å². The number of nitrogens with one attached hydrogen (secondary N) is 1. The van der Waals surface area contributed by atoms with Gasteiger partial charge in [0.25, 0.3) is 0 Å². The molecule has 2 atom stereocenters. The molecule has 2 heterocycles. The summed E-state index contributed by atoms with van der Waals surface area (Å²) in [6, 6.07) is -0.177. The molecular formula is C20H30N2O3S. The zero-order valence-corrected chi connectivity index (χ0v) is 16.9. The number of thiophene rings is 1. The molecule has 1 fully saturated rings. The molecule has 0 spiro atoms. The Morgan fingerprint density at radius 3 is 2.73 bits per heavy atom. The van der Waals surface area contributed by atoms with Crippen LogP contribution in [0.1, 0.15) is 67.3 Å². The minimum atomic E-state index is -0.305. The molecule has 1 aliphatic carbocycles. The van der Waals surface area contributed by atoms with Crippen LogP contribution in [0.5, 0.6) is 0 Å². The summed E-state index contributed by atoms with van der Waals surface area (Å²) in [6.45, 7) is 8.30. The van der Waals surface area contributed by atoms with Gasteiger partial charge in [0.2, 0.25) is 5.91 Å². The van der Waals surface area contributed by atoms with E-state index in [0.29, 0.717) is 23.1 Å². The van der Waals surface area contributed by atoms with Gasteiger partial charge in [-0.2, -0.15) is 0 Å². The summed E-state index contributed by atoms with van der Waals surface area (Å²) in [6.07, 6.45) is 6.48. The van der Waals surface area contributed by atoms with Crippen LogP contribution >= 0.6 is 11.3 Å². The van der Waals surface area contributed by atoms with Crippen LogP contribution in [0.3, 0.4) is 0 Å². The van der Waals surface area contributed by atoms with E-state index in [1.807, 2.05) is 13.8 Å². The molecule has 144 valence electrons. The van der Waals surface area contributed by atoms with Crippen molar-refractivity contribution in [1.29, 1.82) is 0 Å². The highest BCUT2D eigenvalue weighted by atomic mass is 32.1. The Morgan fingerprint density at radius 1 is 1.31 bits per heavy atom. The smallest absolute Gasteiger partial charge is 0.341 e. The highest BCUT2D eigenvalue weighted by Gasteiger charge is 2.30. The Morgan fingerprint density at radius 2 is 2.04 bits per heavy atom. The second kappa shape index (κ2) is 8.53. The van der Waals surface area contributed by atoms with E-state index < -0.39 is 0 Å². The third-order valence-electron chi connectivity index (χ3n) is 5.55. The first-order valence-electron chi connectivity index (χ1n) is 9.87. The first-order chi connectivity index (χ1) is 12.5. The fraction of sp³-hybridized carbons (Fsp3) is 0.700. The summed E-state index contributed by atoms with van der Waals surface area (Å²) in [5.74, 6) is 0.289. The molecule has 1 aromatic heterocycles. The van der Waals surface area contributed by atoms with Crippen molar-refractivity contribution < 1.29 is 14.3 Å².